The summed E-state index contributed by atoms with van der Waals surface area (Å²) in [4.78, 5) is 4.05. The molecule has 0 unspecified atom stereocenters. The lowest BCUT2D eigenvalue weighted by molar-refractivity contribution is -0.0234. The number of nitrogens with zero attached hydrogens (tertiary/aromatic N) is 3. The number of aromatic nitrogens is 3. The summed E-state index contributed by atoms with van der Waals surface area (Å²) >= 11 is 0. The fourth-order valence-corrected chi connectivity index (χ4v) is 3.61. The standard InChI is InChI=1S/C21H23N3O2/c25-18(14-24-20(10-13-23-24)17-8-11-22-12-9-17)15-26-21-7-3-5-16-4-1-2-6-19(16)21/h1-2,4,6,8-13,18,21,25H,3,5,7,14-15H2/t18-,21+/m1/s1. The molecule has 0 spiro atoms. The Hall–Kier alpha value is -2.50. The largest absolute Gasteiger partial charge is 0.389 e. The molecule has 0 saturated carbocycles. The minimum absolute atomic E-state index is 0.0758. The van der Waals surface area contributed by atoms with Crippen LogP contribution in [0.5, 0.6) is 0 Å². The third-order valence-electron chi connectivity index (χ3n) is 4.88. The minimum atomic E-state index is -0.607. The van der Waals surface area contributed by atoms with Crippen LogP contribution in [0, 0.1) is 0 Å². The van der Waals surface area contributed by atoms with Gasteiger partial charge in [-0.3, -0.25) is 9.67 Å². The van der Waals surface area contributed by atoms with Gasteiger partial charge in [-0.25, -0.2) is 0 Å². The van der Waals surface area contributed by atoms with Crippen LogP contribution in [0.15, 0.2) is 61.1 Å². The van der Waals surface area contributed by atoms with Crippen LogP contribution in [0.25, 0.3) is 11.3 Å². The van der Waals surface area contributed by atoms with E-state index in [1.54, 1.807) is 18.6 Å². The molecule has 0 bridgehead atoms. The van der Waals surface area contributed by atoms with E-state index in [0.29, 0.717) is 13.2 Å². The van der Waals surface area contributed by atoms with E-state index in [9.17, 15) is 5.11 Å². The summed E-state index contributed by atoms with van der Waals surface area (Å²) in [5.41, 5.74) is 4.63. The van der Waals surface area contributed by atoms with Gasteiger partial charge in [-0.15, -0.1) is 0 Å². The molecule has 134 valence electrons. The molecule has 2 heterocycles. The summed E-state index contributed by atoms with van der Waals surface area (Å²) in [6.45, 7) is 0.702. The number of hydrogen-bond donors (Lipinski definition) is 1. The number of ether oxygens (including phenoxy) is 1. The second-order valence-corrected chi connectivity index (χ2v) is 6.70. The van der Waals surface area contributed by atoms with Gasteiger partial charge >= 0.3 is 0 Å². The lowest BCUT2D eigenvalue weighted by Crippen LogP contribution is -2.25. The van der Waals surface area contributed by atoms with Crippen molar-refractivity contribution in [2.45, 2.75) is 38.0 Å². The average Bonchev–Trinajstić information content (AvgIpc) is 3.15. The number of rotatable bonds is 6. The van der Waals surface area contributed by atoms with Gasteiger partial charge in [-0.1, -0.05) is 24.3 Å². The maximum Gasteiger partial charge on any atom is 0.0969 e. The lowest BCUT2D eigenvalue weighted by atomic mass is 9.89. The summed E-state index contributed by atoms with van der Waals surface area (Å²) in [6, 6.07) is 14.3. The molecule has 1 aromatic carbocycles. The van der Waals surface area contributed by atoms with E-state index in [-0.39, 0.29) is 6.10 Å². The van der Waals surface area contributed by atoms with Crippen LogP contribution in [0.2, 0.25) is 0 Å². The van der Waals surface area contributed by atoms with Crippen LogP contribution < -0.4 is 0 Å². The van der Waals surface area contributed by atoms with Crippen molar-refractivity contribution < 1.29 is 9.84 Å². The Kier molecular flexibility index (Phi) is 5.09. The van der Waals surface area contributed by atoms with Gasteiger partial charge < -0.3 is 9.84 Å². The molecule has 4 rings (SSSR count). The molecule has 26 heavy (non-hydrogen) atoms. The van der Waals surface area contributed by atoms with Crippen molar-refractivity contribution in [3.63, 3.8) is 0 Å². The van der Waals surface area contributed by atoms with Gasteiger partial charge in [0.15, 0.2) is 0 Å². The second-order valence-electron chi connectivity index (χ2n) is 6.70. The number of aryl methyl sites for hydroxylation is 1. The molecule has 0 radical (unpaired) electrons. The summed E-state index contributed by atoms with van der Waals surface area (Å²) < 4.78 is 7.88. The summed E-state index contributed by atoms with van der Waals surface area (Å²) in [7, 11) is 0. The zero-order valence-corrected chi connectivity index (χ0v) is 14.7. The van der Waals surface area contributed by atoms with Crippen LogP contribution in [0.4, 0.5) is 0 Å². The van der Waals surface area contributed by atoms with Gasteiger partial charge in [0, 0.05) is 24.2 Å². The van der Waals surface area contributed by atoms with E-state index in [1.807, 2.05) is 22.9 Å². The maximum atomic E-state index is 10.5. The molecule has 3 aromatic rings. The first-order valence-electron chi connectivity index (χ1n) is 9.11. The van der Waals surface area contributed by atoms with Gasteiger partial charge in [-0.2, -0.15) is 5.10 Å². The Morgan fingerprint density at radius 2 is 1.96 bits per heavy atom. The topological polar surface area (TPSA) is 60.2 Å². The first-order valence-corrected chi connectivity index (χ1v) is 9.11. The van der Waals surface area contributed by atoms with Crippen molar-refractivity contribution in [1.29, 1.82) is 0 Å². The maximum absolute atomic E-state index is 10.5. The molecule has 1 aliphatic carbocycles. The monoisotopic (exact) mass is 349 g/mol. The predicted molar refractivity (Wildman–Crippen MR) is 99.5 cm³/mol. The van der Waals surface area contributed by atoms with Crippen LogP contribution >= 0.6 is 0 Å². The highest BCUT2D eigenvalue weighted by Gasteiger charge is 2.21. The summed E-state index contributed by atoms with van der Waals surface area (Å²) in [5, 5.41) is 14.8. The van der Waals surface area contributed by atoms with Gasteiger partial charge in [0.05, 0.1) is 31.1 Å². The average molecular weight is 349 g/mol. The number of fused-ring (bicyclic) bond motifs is 1. The Labute approximate surface area is 153 Å². The smallest absolute Gasteiger partial charge is 0.0969 e. The van der Waals surface area contributed by atoms with Gasteiger partial charge in [0.1, 0.15) is 0 Å². The van der Waals surface area contributed by atoms with E-state index in [1.165, 1.54) is 11.1 Å². The molecule has 5 nitrogen and oxygen atoms in total. The van der Waals surface area contributed by atoms with Crippen LogP contribution in [0.3, 0.4) is 0 Å². The minimum Gasteiger partial charge on any atom is -0.389 e. The van der Waals surface area contributed by atoms with Crippen molar-refractivity contribution in [2.75, 3.05) is 6.61 Å². The van der Waals surface area contributed by atoms with E-state index < -0.39 is 6.10 Å². The number of hydrogen-bond acceptors (Lipinski definition) is 4. The van der Waals surface area contributed by atoms with Crippen LogP contribution in [0.1, 0.15) is 30.1 Å². The second kappa shape index (κ2) is 7.81. The van der Waals surface area contributed by atoms with Gasteiger partial charge in [0.2, 0.25) is 0 Å². The van der Waals surface area contributed by atoms with E-state index in [2.05, 4.69) is 34.3 Å². The van der Waals surface area contributed by atoms with Crippen molar-refractivity contribution in [2.24, 2.45) is 0 Å². The predicted octanol–water partition coefficient (Wildman–Crippen LogP) is 3.40. The quantitative estimate of drug-likeness (QED) is 0.741. The van der Waals surface area contributed by atoms with Gasteiger partial charge in [-0.05, 0) is 48.6 Å². The SMILES string of the molecule is O[C@@H](CO[C@H]1CCCc2ccccc21)Cn1nccc1-c1ccncc1. The van der Waals surface area contributed by atoms with E-state index in [0.717, 1.165) is 30.5 Å². The third-order valence-corrected chi connectivity index (χ3v) is 4.88. The highest BCUT2D eigenvalue weighted by atomic mass is 16.5. The Morgan fingerprint density at radius 3 is 2.85 bits per heavy atom. The number of aliphatic hydroxyl groups excluding tert-OH is 1. The van der Waals surface area contributed by atoms with Crippen molar-refractivity contribution in [3.8, 4) is 11.3 Å². The number of benzene rings is 1. The molecular weight excluding hydrogens is 326 g/mol. The fourth-order valence-electron chi connectivity index (χ4n) is 3.61. The van der Waals surface area contributed by atoms with Crippen molar-refractivity contribution >= 4 is 0 Å². The summed E-state index contributed by atoms with van der Waals surface area (Å²) in [5.74, 6) is 0. The molecule has 1 aliphatic rings. The highest BCUT2D eigenvalue weighted by Crippen LogP contribution is 2.32. The molecule has 0 fully saturated rings. The lowest BCUT2D eigenvalue weighted by Gasteiger charge is -2.26. The zero-order valence-electron chi connectivity index (χ0n) is 14.7. The number of aliphatic hydroxyl groups is 1. The molecule has 2 aromatic heterocycles. The van der Waals surface area contributed by atoms with E-state index >= 15 is 0 Å². The first-order chi connectivity index (χ1) is 12.8. The van der Waals surface area contributed by atoms with Crippen LogP contribution in [-0.2, 0) is 17.7 Å². The molecule has 2 atom stereocenters. The fraction of sp³-hybridized carbons (Fsp3) is 0.333. The number of pyridine rings is 1. The molecule has 0 aliphatic heterocycles. The van der Waals surface area contributed by atoms with Crippen LogP contribution in [-0.4, -0.2) is 32.6 Å². The normalized spacial score (nSPS) is 17.7. The molecule has 5 heteroatoms. The van der Waals surface area contributed by atoms with Gasteiger partial charge in [0.25, 0.3) is 0 Å². The summed E-state index contributed by atoms with van der Waals surface area (Å²) in [6.07, 6.45) is 7.98. The molecule has 0 amide bonds. The van der Waals surface area contributed by atoms with Crippen molar-refractivity contribution in [3.05, 3.63) is 72.2 Å². The van der Waals surface area contributed by atoms with E-state index in [4.69, 9.17) is 4.74 Å². The Bertz CT molecular complexity index is 847. The first kappa shape index (κ1) is 16.9. The molecule has 0 saturated heterocycles. The highest BCUT2D eigenvalue weighted by molar-refractivity contribution is 5.58. The zero-order chi connectivity index (χ0) is 17.8. The Morgan fingerprint density at radius 1 is 1.12 bits per heavy atom. The van der Waals surface area contributed by atoms with Crippen molar-refractivity contribution in [1.82, 2.24) is 14.8 Å². The molecule has 1 N–H and O–H groups in total. The molecular formula is C21H23N3O2. The Balaban J connectivity index is 1.39. The third kappa shape index (κ3) is 3.69.